The minimum atomic E-state index is -0.869. The summed E-state index contributed by atoms with van der Waals surface area (Å²) in [6, 6.07) is 4.95. The van der Waals surface area contributed by atoms with Crippen LogP contribution in [0.5, 0.6) is 10.8 Å². The quantitative estimate of drug-likeness (QED) is 0.215. The van der Waals surface area contributed by atoms with Crippen LogP contribution in [0.2, 0.25) is 0 Å². The summed E-state index contributed by atoms with van der Waals surface area (Å²) >= 11 is 1.38. The number of rotatable bonds is 11. The second kappa shape index (κ2) is 12.0. The summed E-state index contributed by atoms with van der Waals surface area (Å²) in [6.45, 7) is 5.87. The minimum absolute atomic E-state index is 0.166. The van der Waals surface area contributed by atoms with Crippen LogP contribution >= 0.6 is 11.3 Å². The van der Waals surface area contributed by atoms with Crippen molar-refractivity contribution >= 4 is 29.2 Å². The molecule has 2 heterocycles. The molecule has 32 heavy (non-hydrogen) atoms. The second-order valence-corrected chi connectivity index (χ2v) is 8.25. The summed E-state index contributed by atoms with van der Waals surface area (Å²) in [4.78, 5) is 37.1. The van der Waals surface area contributed by atoms with Crippen LogP contribution < -0.4 is 10.4 Å². The molecule has 2 aromatic rings. The normalized spacial score (nSPS) is 12.7. The van der Waals surface area contributed by atoms with Gasteiger partial charge in [0.25, 0.3) is 0 Å². The number of aromatic hydroxyl groups is 1. The lowest BCUT2D eigenvalue weighted by molar-refractivity contribution is -0.139. The molecule has 172 valence electrons. The van der Waals surface area contributed by atoms with E-state index in [4.69, 9.17) is 9.15 Å². The molecule has 0 amide bonds. The number of ether oxygens (including phenoxy) is 2. The number of carbonyl (C=O) groups excluding carboxylic acids is 2. The molecule has 0 bridgehead atoms. The fraction of sp³-hybridized carbons (Fsp3) is 0.375. The van der Waals surface area contributed by atoms with Crippen molar-refractivity contribution in [1.29, 1.82) is 0 Å². The molecule has 0 aliphatic rings. The molecule has 1 unspecified atom stereocenters. The first kappa shape index (κ1) is 25.1. The highest BCUT2D eigenvalue weighted by Gasteiger charge is 2.22. The molecule has 1 atom stereocenters. The largest absolute Gasteiger partial charge is 0.507 e. The summed E-state index contributed by atoms with van der Waals surface area (Å²) in [5, 5.41) is 11.1. The molecule has 0 aliphatic carbocycles. The molecule has 0 fully saturated rings. The molecule has 8 heteroatoms. The zero-order valence-corrected chi connectivity index (χ0v) is 19.5. The van der Waals surface area contributed by atoms with Gasteiger partial charge in [0.1, 0.15) is 17.1 Å². The van der Waals surface area contributed by atoms with Crippen molar-refractivity contribution < 1.29 is 28.6 Å². The van der Waals surface area contributed by atoms with E-state index in [1.807, 2.05) is 32.1 Å². The van der Waals surface area contributed by atoms with E-state index in [1.165, 1.54) is 24.5 Å². The Morgan fingerprint density at radius 2 is 2.03 bits per heavy atom. The first-order valence-electron chi connectivity index (χ1n) is 10.3. The molecule has 0 aliphatic heterocycles. The maximum Gasteiger partial charge on any atom is 0.351 e. The van der Waals surface area contributed by atoms with Crippen LogP contribution in [0.25, 0.3) is 6.08 Å². The topological polar surface area (TPSA) is 103 Å². The van der Waals surface area contributed by atoms with Crippen LogP contribution in [0.15, 0.2) is 45.1 Å². The summed E-state index contributed by atoms with van der Waals surface area (Å²) in [6.07, 6.45) is 6.68. The van der Waals surface area contributed by atoms with E-state index in [0.29, 0.717) is 30.8 Å². The Balaban J connectivity index is 2.10. The zero-order valence-electron chi connectivity index (χ0n) is 18.7. The Labute approximate surface area is 191 Å². The first-order chi connectivity index (χ1) is 15.3. The fourth-order valence-electron chi connectivity index (χ4n) is 2.93. The Hall–Kier alpha value is -3.13. The third kappa shape index (κ3) is 6.95. The number of thiophene rings is 1. The van der Waals surface area contributed by atoms with Crippen molar-refractivity contribution in [2.45, 2.75) is 46.0 Å². The Kier molecular flexibility index (Phi) is 9.46. The first-order valence-corrected chi connectivity index (χ1v) is 11.1. The van der Waals surface area contributed by atoms with Crippen LogP contribution in [-0.4, -0.2) is 30.6 Å². The van der Waals surface area contributed by atoms with Crippen molar-refractivity contribution in [1.82, 2.24) is 0 Å². The highest BCUT2D eigenvalue weighted by atomic mass is 32.1. The van der Waals surface area contributed by atoms with E-state index in [-0.39, 0.29) is 23.9 Å². The van der Waals surface area contributed by atoms with E-state index in [0.717, 1.165) is 9.94 Å². The van der Waals surface area contributed by atoms with Crippen LogP contribution in [0.3, 0.4) is 0 Å². The monoisotopic (exact) mass is 460 g/mol. The van der Waals surface area contributed by atoms with Crippen LogP contribution in [0.4, 0.5) is 0 Å². The Bertz CT molecular complexity index is 1060. The number of hydrogen-bond donors (Lipinski definition) is 1. The number of carbonyl (C=O) groups is 2. The highest BCUT2D eigenvalue weighted by molar-refractivity contribution is 7.14. The third-order valence-electron chi connectivity index (χ3n) is 4.71. The van der Waals surface area contributed by atoms with Gasteiger partial charge in [0.2, 0.25) is 0 Å². The van der Waals surface area contributed by atoms with Crippen LogP contribution in [-0.2, 0) is 9.53 Å². The number of methoxy groups -OCH3 is 1. The zero-order chi connectivity index (χ0) is 23.7. The van der Waals surface area contributed by atoms with Gasteiger partial charge >= 0.3 is 11.6 Å². The summed E-state index contributed by atoms with van der Waals surface area (Å²) < 4.78 is 15.3. The number of ketones is 1. The predicted molar refractivity (Wildman–Crippen MR) is 124 cm³/mol. The van der Waals surface area contributed by atoms with Gasteiger partial charge in [-0.25, -0.2) is 4.79 Å². The van der Waals surface area contributed by atoms with Gasteiger partial charge < -0.3 is 19.0 Å². The van der Waals surface area contributed by atoms with Crippen molar-refractivity contribution in [2.75, 3.05) is 13.7 Å². The smallest absolute Gasteiger partial charge is 0.351 e. The minimum Gasteiger partial charge on any atom is -0.507 e. The SMILES string of the molecule is CCOc1ccc(C=C(C)C(=O)c2c(O)cc(C(C)CC/C=C/CC(=O)OC)oc2=O)s1. The van der Waals surface area contributed by atoms with E-state index >= 15 is 0 Å². The predicted octanol–water partition coefficient (Wildman–Crippen LogP) is 5.09. The van der Waals surface area contributed by atoms with Gasteiger partial charge in [0, 0.05) is 16.9 Å². The van der Waals surface area contributed by atoms with E-state index in [2.05, 4.69) is 4.74 Å². The lowest BCUT2D eigenvalue weighted by atomic mass is 9.99. The summed E-state index contributed by atoms with van der Waals surface area (Å²) in [5.74, 6) is -1.17. The number of esters is 1. The van der Waals surface area contributed by atoms with Crippen LogP contribution in [0, 0.1) is 0 Å². The number of Topliss-reactive ketones (excluding diaryl/α,β-unsaturated/α-hetero) is 1. The molecule has 0 saturated heterocycles. The van der Waals surface area contributed by atoms with Gasteiger partial charge in [-0.05, 0) is 50.5 Å². The maximum absolute atomic E-state index is 12.8. The van der Waals surface area contributed by atoms with Crippen LogP contribution in [0.1, 0.15) is 66.9 Å². The number of allylic oxidation sites excluding steroid dienone is 2. The van der Waals surface area contributed by atoms with Gasteiger partial charge in [0.05, 0.1) is 20.1 Å². The second-order valence-electron chi connectivity index (χ2n) is 7.17. The lowest BCUT2D eigenvalue weighted by Gasteiger charge is -2.11. The van der Waals surface area contributed by atoms with Gasteiger partial charge in [-0.15, -0.1) is 0 Å². The van der Waals surface area contributed by atoms with E-state index in [1.54, 1.807) is 19.1 Å². The van der Waals surface area contributed by atoms with Gasteiger partial charge in [-0.3, -0.25) is 9.59 Å². The van der Waals surface area contributed by atoms with E-state index in [9.17, 15) is 19.5 Å². The molecular weight excluding hydrogens is 432 g/mol. The van der Waals surface area contributed by atoms with Crippen molar-refractivity contribution in [3.05, 3.63) is 62.5 Å². The molecule has 2 rings (SSSR count). The molecule has 0 radical (unpaired) electrons. The molecule has 0 spiro atoms. The molecular formula is C24H28O7S. The summed E-state index contributed by atoms with van der Waals surface area (Å²) in [5.41, 5.74) is -0.949. The average molecular weight is 461 g/mol. The fourth-order valence-corrected chi connectivity index (χ4v) is 3.84. The van der Waals surface area contributed by atoms with Gasteiger partial charge in [0.15, 0.2) is 10.8 Å². The van der Waals surface area contributed by atoms with Crippen molar-refractivity contribution in [2.24, 2.45) is 0 Å². The molecule has 1 N–H and O–H groups in total. The third-order valence-corrected chi connectivity index (χ3v) is 5.66. The molecule has 0 aromatic carbocycles. The van der Waals surface area contributed by atoms with Crippen molar-refractivity contribution in [3.8, 4) is 10.8 Å². The maximum atomic E-state index is 12.8. The summed E-state index contributed by atoms with van der Waals surface area (Å²) in [7, 11) is 1.33. The molecule has 2 aromatic heterocycles. The van der Waals surface area contributed by atoms with Gasteiger partial charge in [-0.2, -0.15) is 0 Å². The Morgan fingerprint density at radius 3 is 2.69 bits per heavy atom. The number of hydrogen-bond acceptors (Lipinski definition) is 8. The lowest BCUT2D eigenvalue weighted by Crippen LogP contribution is -2.16. The standard InChI is InChI=1S/C24H28O7S/c1-5-30-21-12-11-17(32-21)13-16(3)23(27)22-18(25)14-19(31-24(22)28)15(2)9-7-6-8-10-20(26)29-4/h6,8,11-15,25H,5,7,9-10H2,1-4H3/b8-6+,16-13?. The molecule has 7 nitrogen and oxygen atoms in total. The highest BCUT2D eigenvalue weighted by Crippen LogP contribution is 2.29. The average Bonchev–Trinajstić information content (AvgIpc) is 3.19. The van der Waals surface area contributed by atoms with E-state index < -0.39 is 17.2 Å². The molecule has 0 saturated carbocycles. The Morgan fingerprint density at radius 1 is 1.28 bits per heavy atom. The van der Waals surface area contributed by atoms with Crippen molar-refractivity contribution in [3.63, 3.8) is 0 Å². The van der Waals surface area contributed by atoms with Gasteiger partial charge in [-0.1, -0.05) is 30.4 Å².